The smallest absolute Gasteiger partial charge is 0.407 e. The summed E-state index contributed by atoms with van der Waals surface area (Å²) in [4.78, 5) is 27.0. The van der Waals surface area contributed by atoms with E-state index in [4.69, 9.17) is 27.9 Å². The van der Waals surface area contributed by atoms with E-state index in [-0.39, 0.29) is 23.5 Å². The molecule has 1 aliphatic heterocycles. The number of likely N-dealkylation sites (tertiary alicyclic amines) is 1. The molecule has 8 heteroatoms. The highest BCUT2D eigenvalue weighted by molar-refractivity contribution is 6.34. The molecule has 1 aliphatic rings. The zero-order valence-electron chi connectivity index (χ0n) is 20.5. The van der Waals surface area contributed by atoms with Crippen molar-refractivity contribution in [2.24, 2.45) is 17.3 Å². The van der Waals surface area contributed by atoms with Gasteiger partial charge in [-0.15, -0.1) is 0 Å². The zero-order valence-corrected chi connectivity index (χ0v) is 22.1. The second-order valence-electron chi connectivity index (χ2n) is 10.6. The molecule has 1 fully saturated rings. The van der Waals surface area contributed by atoms with Gasteiger partial charge in [-0.1, -0.05) is 57.8 Å². The fraction of sp³-hybridized carbons (Fsp3) is 0.680. The molecule has 2 amide bonds. The fourth-order valence-electron chi connectivity index (χ4n) is 3.84. The zero-order chi connectivity index (χ0) is 24.6. The van der Waals surface area contributed by atoms with E-state index >= 15 is 0 Å². The van der Waals surface area contributed by atoms with Crippen LogP contribution in [0.25, 0.3) is 0 Å². The highest BCUT2D eigenvalue weighted by atomic mass is 35.5. The van der Waals surface area contributed by atoms with Crippen molar-refractivity contribution < 1.29 is 14.3 Å². The van der Waals surface area contributed by atoms with Gasteiger partial charge >= 0.3 is 6.09 Å². The fourth-order valence-corrected chi connectivity index (χ4v) is 4.41. The Labute approximate surface area is 208 Å². The number of hydrogen-bond acceptors (Lipinski definition) is 4. The molecule has 1 unspecified atom stereocenters. The van der Waals surface area contributed by atoms with Crippen molar-refractivity contribution in [1.29, 1.82) is 0 Å². The summed E-state index contributed by atoms with van der Waals surface area (Å²) in [5.74, 6) is 0.719. The van der Waals surface area contributed by atoms with E-state index in [1.807, 2.05) is 26.0 Å². The van der Waals surface area contributed by atoms with E-state index in [1.54, 1.807) is 6.07 Å². The van der Waals surface area contributed by atoms with Crippen molar-refractivity contribution in [2.75, 3.05) is 26.2 Å². The third kappa shape index (κ3) is 10.5. The lowest BCUT2D eigenvalue weighted by molar-refractivity contribution is -0.122. The summed E-state index contributed by atoms with van der Waals surface area (Å²) in [6, 6.07) is 5.28. The maximum atomic E-state index is 12.4. The molecule has 0 radical (unpaired) electrons. The van der Waals surface area contributed by atoms with E-state index in [0.29, 0.717) is 41.5 Å². The first-order valence-corrected chi connectivity index (χ1v) is 12.5. The lowest BCUT2D eigenvalue weighted by Crippen LogP contribution is -2.52. The van der Waals surface area contributed by atoms with Crippen molar-refractivity contribution in [1.82, 2.24) is 15.5 Å². The van der Waals surface area contributed by atoms with Crippen LogP contribution in [0.3, 0.4) is 0 Å². The van der Waals surface area contributed by atoms with Crippen LogP contribution in [0, 0.1) is 17.3 Å². The van der Waals surface area contributed by atoms with Gasteiger partial charge in [-0.25, -0.2) is 4.79 Å². The van der Waals surface area contributed by atoms with Gasteiger partial charge < -0.3 is 20.3 Å². The van der Waals surface area contributed by atoms with Gasteiger partial charge in [-0.2, -0.15) is 0 Å². The van der Waals surface area contributed by atoms with Crippen molar-refractivity contribution >= 4 is 35.2 Å². The van der Waals surface area contributed by atoms with Crippen LogP contribution < -0.4 is 10.6 Å². The summed E-state index contributed by atoms with van der Waals surface area (Å²) >= 11 is 12.0. The summed E-state index contributed by atoms with van der Waals surface area (Å²) in [6.07, 6.45) is 2.09. The summed E-state index contributed by atoms with van der Waals surface area (Å²) < 4.78 is 5.32. The summed E-state index contributed by atoms with van der Waals surface area (Å²) in [6.45, 7) is 13.9. The van der Waals surface area contributed by atoms with Crippen LogP contribution in [0.15, 0.2) is 18.2 Å². The summed E-state index contributed by atoms with van der Waals surface area (Å²) in [5, 5.41) is 7.16. The Morgan fingerprint density at radius 1 is 1.12 bits per heavy atom. The number of rotatable bonds is 9. The largest absolute Gasteiger partial charge is 0.449 e. The average molecular weight is 501 g/mol. The van der Waals surface area contributed by atoms with Gasteiger partial charge in [0.1, 0.15) is 0 Å². The number of alkyl carbamates (subject to hydrolysis) is 1. The third-order valence-corrected chi connectivity index (χ3v) is 6.36. The predicted octanol–water partition coefficient (Wildman–Crippen LogP) is 5.51. The molecule has 0 aromatic heterocycles. The molecular weight excluding hydrogens is 461 g/mol. The van der Waals surface area contributed by atoms with Crippen LogP contribution in [0.2, 0.25) is 10.0 Å². The van der Waals surface area contributed by atoms with Gasteiger partial charge in [-0.05, 0) is 66.9 Å². The normalized spacial score (nSPS) is 16.5. The van der Waals surface area contributed by atoms with Crippen LogP contribution in [0.5, 0.6) is 0 Å². The molecule has 6 nitrogen and oxygen atoms in total. The molecule has 186 valence electrons. The van der Waals surface area contributed by atoms with Crippen molar-refractivity contribution in [3.8, 4) is 0 Å². The van der Waals surface area contributed by atoms with E-state index < -0.39 is 0 Å². The number of halogens is 2. The quantitative estimate of drug-likeness (QED) is 0.469. The second kappa shape index (κ2) is 12.8. The molecule has 33 heavy (non-hydrogen) atoms. The van der Waals surface area contributed by atoms with Crippen molar-refractivity contribution in [3.05, 3.63) is 33.8 Å². The Kier molecular flexibility index (Phi) is 10.8. The van der Waals surface area contributed by atoms with Crippen LogP contribution in [-0.4, -0.2) is 49.2 Å². The van der Waals surface area contributed by atoms with Gasteiger partial charge in [0.25, 0.3) is 0 Å². The molecule has 1 aromatic rings. The Balaban J connectivity index is 1.76. The first-order chi connectivity index (χ1) is 15.4. The predicted molar refractivity (Wildman–Crippen MR) is 135 cm³/mol. The number of nitrogens with zero attached hydrogens (tertiary/aromatic N) is 1. The van der Waals surface area contributed by atoms with Gasteiger partial charge in [0, 0.05) is 35.6 Å². The van der Waals surface area contributed by atoms with Crippen molar-refractivity contribution in [2.45, 2.75) is 66.5 Å². The second-order valence-corrected chi connectivity index (χ2v) is 11.4. The Morgan fingerprint density at radius 3 is 2.27 bits per heavy atom. The number of carbonyl (C=O) groups excluding carboxylic acids is 2. The molecular formula is C25H39Cl2N3O3. The van der Waals surface area contributed by atoms with Crippen LogP contribution in [0.4, 0.5) is 4.79 Å². The number of ether oxygens (including phenoxy) is 1. The molecule has 0 spiro atoms. The number of carbonyl (C=O) groups is 2. The molecule has 1 aromatic carbocycles. The number of hydrogen-bond donors (Lipinski definition) is 2. The number of nitrogens with one attached hydrogen (secondary N) is 2. The highest BCUT2D eigenvalue weighted by Crippen LogP contribution is 2.25. The molecule has 1 saturated heterocycles. The summed E-state index contributed by atoms with van der Waals surface area (Å²) in [5.41, 5.74) is 0.805. The Bertz CT molecular complexity index is 767. The monoisotopic (exact) mass is 499 g/mol. The van der Waals surface area contributed by atoms with E-state index in [0.717, 1.165) is 38.0 Å². The maximum Gasteiger partial charge on any atom is 0.407 e. The molecule has 1 atom stereocenters. The molecule has 2 N–H and O–H groups in total. The minimum Gasteiger partial charge on any atom is -0.449 e. The number of benzene rings is 1. The molecule has 2 rings (SSSR count). The topological polar surface area (TPSA) is 70.7 Å². The molecule has 0 bridgehead atoms. The average Bonchev–Trinajstić information content (AvgIpc) is 2.70. The van der Waals surface area contributed by atoms with Crippen LogP contribution in [0.1, 0.15) is 59.4 Å². The standard InChI is InChI=1S/C25H39Cl2N3O3/c1-17(2)16-33-24(32)29-22(25(3,4)5)15-30-8-6-18(7-9-30)12-23(31)28-14-19-10-20(26)13-21(27)11-19/h10-11,13,17-18,22H,6-9,12,14-16H2,1-5H3,(H,28,31)(H,29,32). The molecule has 0 saturated carbocycles. The van der Waals surface area contributed by atoms with E-state index in [9.17, 15) is 9.59 Å². The van der Waals surface area contributed by atoms with Gasteiger partial charge in [0.2, 0.25) is 5.91 Å². The minimum absolute atomic E-state index is 0.0125. The SMILES string of the molecule is CC(C)COC(=O)NC(CN1CCC(CC(=O)NCc2cc(Cl)cc(Cl)c2)CC1)C(C)(C)C. The lowest BCUT2D eigenvalue weighted by Gasteiger charge is -2.38. The van der Waals surface area contributed by atoms with E-state index in [1.165, 1.54) is 0 Å². The molecule has 0 aliphatic carbocycles. The summed E-state index contributed by atoms with van der Waals surface area (Å²) in [7, 11) is 0. The number of amides is 2. The molecule has 1 heterocycles. The first kappa shape index (κ1) is 27.7. The van der Waals surface area contributed by atoms with Gasteiger partial charge in [-0.3, -0.25) is 4.79 Å². The maximum absolute atomic E-state index is 12.4. The van der Waals surface area contributed by atoms with Gasteiger partial charge in [0.05, 0.1) is 6.61 Å². The number of piperidine rings is 1. The Hall–Kier alpha value is -1.50. The van der Waals surface area contributed by atoms with Crippen LogP contribution in [-0.2, 0) is 16.1 Å². The Morgan fingerprint density at radius 2 is 1.73 bits per heavy atom. The van der Waals surface area contributed by atoms with Gasteiger partial charge in [0.15, 0.2) is 0 Å². The van der Waals surface area contributed by atoms with Crippen LogP contribution >= 0.6 is 23.2 Å². The first-order valence-electron chi connectivity index (χ1n) is 11.8. The minimum atomic E-state index is -0.351. The third-order valence-electron chi connectivity index (χ3n) is 5.92. The lowest BCUT2D eigenvalue weighted by atomic mass is 9.85. The van der Waals surface area contributed by atoms with Crippen molar-refractivity contribution in [3.63, 3.8) is 0 Å². The highest BCUT2D eigenvalue weighted by Gasteiger charge is 2.30. The van der Waals surface area contributed by atoms with E-state index in [2.05, 4.69) is 36.3 Å².